The maximum absolute atomic E-state index is 13.4. The lowest BCUT2D eigenvalue weighted by molar-refractivity contribution is 0.554. The Kier molecular flexibility index (Phi) is 7.73. The number of rotatable bonds is 6. The first-order valence-corrected chi connectivity index (χ1v) is 6.98. The van der Waals surface area contributed by atoms with E-state index in [1.54, 1.807) is 0 Å². The van der Waals surface area contributed by atoms with Gasteiger partial charge in [-0.15, -0.1) is 12.4 Å². The number of unbranched alkanes of at least 4 members (excludes halogenated alkanes) is 1. The van der Waals surface area contributed by atoms with Gasteiger partial charge in [0.25, 0.3) is 0 Å². The third-order valence-corrected chi connectivity index (χ3v) is 3.84. The van der Waals surface area contributed by atoms with Crippen LogP contribution < -0.4 is 10.5 Å². The highest BCUT2D eigenvalue weighted by Crippen LogP contribution is 2.18. The van der Waals surface area contributed by atoms with Gasteiger partial charge in [-0.3, -0.25) is 0 Å². The Balaban J connectivity index is 0.00000289. The summed E-state index contributed by atoms with van der Waals surface area (Å²) in [7, 11) is -3.81. The Labute approximate surface area is 117 Å². The Morgan fingerprint density at radius 1 is 1.33 bits per heavy atom. The van der Waals surface area contributed by atoms with Gasteiger partial charge in [0.1, 0.15) is 10.7 Å². The molecular weight excluding hydrogens is 302 g/mol. The van der Waals surface area contributed by atoms with Gasteiger partial charge in [0, 0.05) is 11.6 Å². The van der Waals surface area contributed by atoms with Gasteiger partial charge in [-0.2, -0.15) is 0 Å². The SMILES string of the molecule is Cl.NCCCCNS(=O)(=O)c1ccc(Cl)cc1F. The largest absolute Gasteiger partial charge is 0.330 e. The molecule has 0 unspecified atom stereocenters. The average Bonchev–Trinajstić information content (AvgIpc) is 2.24. The lowest BCUT2D eigenvalue weighted by atomic mass is 10.3. The summed E-state index contributed by atoms with van der Waals surface area (Å²) in [5.41, 5.74) is 5.28. The molecule has 1 aromatic rings. The van der Waals surface area contributed by atoms with Crippen LogP contribution in [-0.2, 0) is 10.0 Å². The predicted molar refractivity (Wildman–Crippen MR) is 72.1 cm³/mol. The van der Waals surface area contributed by atoms with Gasteiger partial charge in [0.05, 0.1) is 0 Å². The summed E-state index contributed by atoms with van der Waals surface area (Å²) in [5, 5.41) is 0.157. The van der Waals surface area contributed by atoms with Crippen molar-refractivity contribution in [1.82, 2.24) is 4.72 Å². The van der Waals surface area contributed by atoms with Crippen molar-refractivity contribution in [1.29, 1.82) is 0 Å². The minimum atomic E-state index is -3.81. The first-order valence-electron chi connectivity index (χ1n) is 5.12. The van der Waals surface area contributed by atoms with Crippen LogP contribution in [0, 0.1) is 5.82 Å². The van der Waals surface area contributed by atoms with E-state index in [1.807, 2.05) is 0 Å². The average molecular weight is 317 g/mol. The van der Waals surface area contributed by atoms with Crippen molar-refractivity contribution in [2.75, 3.05) is 13.1 Å². The number of nitrogens with one attached hydrogen (secondary N) is 1. The molecule has 0 aliphatic carbocycles. The molecule has 0 spiro atoms. The molecule has 18 heavy (non-hydrogen) atoms. The van der Waals surface area contributed by atoms with E-state index in [2.05, 4.69) is 4.72 Å². The summed E-state index contributed by atoms with van der Waals surface area (Å²) in [6.45, 7) is 0.735. The quantitative estimate of drug-likeness (QED) is 0.787. The van der Waals surface area contributed by atoms with Crippen LogP contribution >= 0.6 is 24.0 Å². The summed E-state index contributed by atoms with van der Waals surface area (Å²) in [5.74, 6) is -0.858. The Morgan fingerprint density at radius 2 is 2.00 bits per heavy atom. The van der Waals surface area contributed by atoms with Crippen LogP contribution in [0.3, 0.4) is 0 Å². The fourth-order valence-electron chi connectivity index (χ4n) is 1.25. The standard InChI is InChI=1S/C10H14ClFN2O2S.ClH/c11-8-3-4-10(9(12)7-8)17(15,16)14-6-2-1-5-13;/h3-4,7,14H,1-2,5-6,13H2;1H. The third kappa shape index (κ3) is 5.07. The number of benzene rings is 1. The van der Waals surface area contributed by atoms with Crippen LogP contribution in [0.4, 0.5) is 4.39 Å². The van der Waals surface area contributed by atoms with Crippen molar-refractivity contribution in [3.05, 3.63) is 29.0 Å². The van der Waals surface area contributed by atoms with Gasteiger partial charge in [-0.05, 0) is 37.6 Å². The van der Waals surface area contributed by atoms with E-state index in [9.17, 15) is 12.8 Å². The van der Waals surface area contributed by atoms with Crippen LogP contribution in [0.5, 0.6) is 0 Å². The topological polar surface area (TPSA) is 72.2 Å². The number of sulfonamides is 1. The maximum Gasteiger partial charge on any atom is 0.243 e. The molecule has 0 aromatic heterocycles. The summed E-state index contributed by atoms with van der Waals surface area (Å²) in [4.78, 5) is -0.394. The second kappa shape index (κ2) is 7.91. The molecule has 0 saturated heterocycles. The van der Waals surface area contributed by atoms with Gasteiger partial charge < -0.3 is 5.73 Å². The highest BCUT2D eigenvalue weighted by molar-refractivity contribution is 7.89. The summed E-state index contributed by atoms with van der Waals surface area (Å²) in [6.07, 6.45) is 1.33. The fraction of sp³-hybridized carbons (Fsp3) is 0.400. The van der Waals surface area contributed by atoms with Crippen LogP contribution in [-0.4, -0.2) is 21.5 Å². The molecule has 1 rings (SSSR count). The smallest absolute Gasteiger partial charge is 0.243 e. The van der Waals surface area contributed by atoms with Crippen molar-refractivity contribution in [3.8, 4) is 0 Å². The van der Waals surface area contributed by atoms with Crippen molar-refractivity contribution in [3.63, 3.8) is 0 Å². The van der Waals surface area contributed by atoms with Crippen molar-refractivity contribution < 1.29 is 12.8 Å². The summed E-state index contributed by atoms with van der Waals surface area (Å²) in [6, 6.07) is 3.44. The molecular formula is C10H15Cl2FN2O2S. The normalized spacial score (nSPS) is 11.1. The molecule has 0 heterocycles. The summed E-state index contributed by atoms with van der Waals surface area (Å²) >= 11 is 5.54. The molecule has 104 valence electrons. The molecule has 8 heteroatoms. The zero-order valence-electron chi connectivity index (χ0n) is 9.53. The lowest BCUT2D eigenvalue weighted by Gasteiger charge is -2.07. The van der Waals surface area contributed by atoms with E-state index >= 15 is 0 Å². The van der Waals surface area contributed by atoms with E-state index in [-0.39, 0.29) is 24.0 Å². The van der Waals surface area contributed by atoms with E-state index in [0.29, 0.717) is 19.4 Å². The zero-order chi connectivity index (χ0) is 12.9. The molecule has 0 atom stereocenters. The van der Waals surface area contributed by atoms with Crippen LogP contribution in [0.1, 0.15) is 12.8 Å². The number of nitrogens with two attached hydrogens (primary N) is 1. The van der Waals surface area contributed by atoms with E-state index in [0.717, 1.165) is 12.1 Å². The Hall–Kier alpha value is -0.400. The monoisotopic (exact) mass is 316 g/mol. The number of halogens is 3. The highest BCUT2D eigenvalue weighted by atomic mass is 35.5. The van der Waals surface area contributed by atoms with Gasteiger partial charge in [-0.25, -0.2) is 17.5 Å². The number of hydrogen-bond donors (Lipinski definition) is 2. The van der Waals surface area contributed by atoms with Crippen LogP contribution in [0.2, 0.25) is 5.02 Å². The second-order valence-corrected chi connectivity index (χ2v) is 5.64. The van der Waals surface area contributed by atoms with Crippen LogP contribution in [0.15, 0.2) is 23.1 Å². The molecule has 0 bridgehead atoms. The summed E-state index contributed by atoms with van der Waals surface area (Å²) < 4.78 is 39.1. The van der Waals surface area contributed by atoms with Gasteiger partial charge in [-0.1, -0.05) is 11.6 Å². The molecule has 0 amide bonds. The van der Waals surface area contributed by atoms with Crippen molar-refractivity contribution >= 4 is 34.0 Å². The molecule has 0 radical (unpaired) electrons. The maximum atomic E-state index is 13.4. The van der Waals surface area contributed by atoms with Gasteiger partial charge in [0.15, 0.2) is 0 Å². The van der Waals surface area contributed by atoms with E-state index in [1.165, 1.54) is 6.07 Å². The first-order chi connectivity index (χ1) is 7.97. The van der Waals surface area contributed by atoms with Crippen molar-refractivity contribution in [2.24, 2.45) is 5.73 Å². The first kappa shape index (κ1) is 17.6. The minimum absolute atomic E-state index is 0. The number of hydrogen-bond acceptors (Lipinski definition) is 3. The molecule has 1 aromatic carbocycles. The third-order valence-electron chi connectivity index (χ3n) is 2.11. The minimum Gasteiger partial charge on any atom is -0.330 e. The molecule has 0 fully saturated rings. The molecule has 4 nitrogen and oxygen atoms in total. The Bertz CT molecular complexity index is 483. The Morgan fingerprint density at radius 3 is 2.56 bits per heavy atom. The van der Waals surface area contributed by atoms with Crippen LogP contribution in [0.25, 0.3) is 0 Å². The lowest BCUT2D eigenvalue weighted by Crippen LogP contribution is -2.26. The second-order valence-electron chi connectivity index (χ2n) is 3.47. The predicted octanol–water partition coefficient (Wildman–Crippen LogP) is 1.92. The molecule has 0 aliphatic rings. The zero-order valence-corrected chi connectivity index (χ0v) is 11.9. The molecule has 0 aliphatic heterocycles. The van der Waals surface area contributed by atoms with E-state index < -0.39 is 20.7 Å². The van der Waals surface area contributed by atoms with E-state index in [4.69, 9.17) is 17.3 Å². The van der Waals surface area contributed by atoms with Gasteiger partial charge >= 0.3 is 0 Å². The highest BCUT2D eigenvalue weighted by Gasteiger charge is 2.18. The molecule has 3 N–H and O–H groups in total. The fourth-order valence-corrected chi connectivity index (χ4v) is 2.54. The van der Waals surface area contributed by atoms with Gasteiger partial charge in [0.2, 0.25) is 10.0 Å². The van der Waals surface area contributed by atoms with Crippen molar-refractivity contribution in [2.45, 2.75) is 17.7 Å². The molecule has 0 saturated carbocycles.